The molecule has 0 aliphatic rings. The van der Waals surface area contributed by atoms with Gasteiger partial charge in [-0.3, -0.25) is 4.79 Å². The number of nitrogens with one attached hydrogen (secondary N) is 1. The number of sulfone groups is 1. The molecule has 1 amide bonds. The van der Waals surface area contributed by atoms with Crippen molar-refractivity contribution in [1.82, 2.24) is 5.32 Å². The van der Waals surface area contributed by atoms with Crippen molar-refractivity contribution >= 4 is 31.7 Å². The predicted octanol–water partition coefficient (Wildman–Crippen LogP) is 0.827. The van der Waals surface area contributed by atoms with Crippen LogP contribution in [0.5, 0.6) is 0 Å². The summed E-state index contributed by atoms with van der Waals surface area (Å²) in [5.41, 5.74) is 6.58. The Kier molecular flexibility index (Phi) is 5.96. The van der Waals surface area contributed by atoms with Gasteiger partial charge in [-0.05, 0) is 24.1 Å². The van der Waals surface area contributed by atoms with E-state index in [0.29, 0.717) is 6.54 Å². The summed E-state index contributed by atoms with van der Waals surface area (Å²) in [5.74, 6) is -0.425. The second-order valence-electron chi connectivity index (χ2n) is 4.37. The Morgan fingerprint density at radius 3 is 2.47 bits per heavy atom. The second kappa shape index (κ2) is 7.02. The van der Waals surface area contributed by atoms with Crippen LogP contribution >= 0.6 is 15.9 Å². The summed E-state index contributed by atoms with van der Waals surface area (Å²) in [6.45, 7) is 0.374. The van der Waals surface area contributed by atoms with E-state index in [1.54, 1.807) is 0 Å². The molecule has 0 aliphatic heterocycles. The Balaban J connectivity index is 2.40. The van der Waals surface area contributed by atoms with E-state index in [1.165, 1.54) is 0 Å². The average molecular weight is 349 g/mol. The third-order valence-electron chi connectivity index (χ3n) is 2.52. The van der Waals surface area contributed by atoms with Crippen molar-refractivity contribution in [2.75, 3.05) is 12.0 Å². The van der Waals surface area contributed by atoms with Gasteiger partial charge in [-0.15, -0.1) is 0 Å². The molecule has 0 bridgehead atoms. The fourth-order valence-corrected chi connectivity index (χ4v) is 2.34. The van der Waals surface area contributed by atoms with Crippen LogP contribution in [0.25, 0.3) is 0 Å². The first-order valence-corrected chi connectivity index (χ1v) is 8.59. The van der Waals surface area contributed by atoms with Crippen molar-refractivity contribution in [3.63, 3.8) is 0 Å². The molecule has 19 heavy (non-hydrogen) atoms. The molecular formula is C12H17BrN2O3S. The van der Waals surface area contributed by atoms with Crippen LogP contribution in [0.4, 0.5) is 0 Å². The summed E-state index contributed by atoms with van der Waals surface area (Å²) in [6, 6.07) is 6.72. The molecule has 1 aromatic rings. The predicted molar refractivity (Wildman–Crippen MR) is 78.3 cm³/mol. The van der Waals surface area contributed by atoms with Gasteiger partial charge in [0.15, 0.2) is 0 Å². The Hall–Kier alpha value is -0.920. The van der Waals surface area contributed by atoms with Gasteiger partial charge >= 0.3 is 0 Å². The van der Waals surface area contributed by atoms with Crippen LogP contribution in [0, 0.1) is 0 Å². The maximum atomic E-state index is 11.7. The number of hydrogen-bond acceptors (Lipinski definition) is 4. The van der Waals surface area contributed by atoms with E-state index in [-0.39, 0.29) is 18.1 Å². The number of hydrogen-bond donors (Lipinski definition) is 2. The maximum absolute atomic E-state index is 11.7. The molecule has 0 saturated heterocycles. The zero-order valence-electron chi connectivity index (χ0n) is 10.6. The molecule has 0 spiro atoms. The lowest BCUT2D eigenvalue weighted by Gasteiger charge is -2.11. The molecule has 106 valence electrons. The Bertz CT molecular complexity index is 528. The highest BCUT2D eigenvalue weighted by atomic mass is 79.9. The fourth-order valence-electron chi connectivity index (χ4n) is 1.39. The summed E-state index contributed by atoms with van der Waals surface area (Å²) in [7, 11) is -3.09. The van der Waals surface area contributed by atoms with E-state index in [9.17, 15) is 13.2 Å². The van der Waals surface area contributed by atoms with Gasteiger partial charge in [0.2, 0.25) is 5.91 Å². The average Bonchev–Trinajstić information content (AvgIpc) is 2.34. The highest BCUT2D eigenvalue weighted by molar-refractivity contribution is 9.10. The molecule has 0 heterocycles. The number of nitrogens with two attached hydrogens (primary N) is 1. The molecular weight excluding hydrogens is 332 g/mol. The lowest BCUT2D eigenvalue weighted by Crippen LogP contribution is -2.41. The highest BCUT2D eigenvalue weighted by Crippen LogP contribution is 2.10. The molecule has 7 heteroatoms. The van der Waals surface area contributed by atoms with Crippen molar-refractivity contribution in [2.24, 2.45) is 5.73 Å². The van der Waals surface area contributed by atoms with Gasteiger partial charge in [0.05, 0.1) is 11.8 Å². The molecule has 0 fully saturated rings. The van der Waals surface area contributed by atoms with Crippen molar-refractivity contribution in [3.8, 4) is 0 Å². The summed E-state index contributed by atoms with van der Waals surface area (Å²) in [4.78, 5) is 11.7. The van der Waals surface area contributed by atoms with Gasteiger partial charge in [0.1, 0.15) is 9.84 Å². The molecule has 1 aromatic carbocycles. The van der Waals surface area contributed by atoms with E-state index in [0.717, 1.165) is 16.3 Å². The quantitative estimate of drug-likeness (QED) is 0.796. The molecule has 5 nitrogen and oxygen atoms in total. The van der Waals surface area contributed by atoms with Gasteiger partial charge in [-0.2, -0.15) is 0 Å². The number of halogens is 1. The lowest BCUT2D eigenvalue weighted by atomic mass is 10.2. The van der Waals surface area contributed by atoms with E-state index in [4.69, 9.17) is 5.73 Å². The molecule has 0 saturated carbocycles. The van der Waals surface area contributed by atoms with Crippen molar-refractivity contribution in [2.45, 2.75) is 19.0 Å². The van der Waals surface area contributed by atoms with Crippen LogP contribution in [0.1, 0.15) is 12.0 Å². The van der Waals surface area contributed by atoms with Gasteiger partial charge in [-0.25, -0.2) is 8.42 Å². The fraction of sp³-hybridized carbons (Fsp3) is 0.417. The largest absolute Gasteiger partial charge is 0.351 e. The number of carbonyl (C=O) groups is 1. The number of carbonyl (C=O) groups excluding carboxylic acids is 1. The van der Waals surface area contributed by atoms with Crippen molar-refractivity contribution in [3.05, 3.63) is 34.3 Å². The van der Waals surface area contributed by atoms with E-state index in [1.807, 2.05) is 24.3 Å². The normalized spacial score (nSPS) is 13.0. The molecule has 0 radical (unpaired) electrons. The number of benzene rings is 1. The monoisotopic (exact) mass is 348 g/mol. The minimum atomic E-state index is -3.09. The summed E-state index contributed by atoms with van der Waals surface area (Å²) < 4.78 is 22.9. The van der Waals surface area contributed by atoms with Crippen LogP contribution in [0.3, 0.4) is 0 Å². The first kappa shape index (κ1) is 16.1. The van der Waals surface area contributed by atoms with Crippen molar-refractivity contribution in [1.29, 1.82) is 0 Å². The Morgan fingerprint density at radius 1 is 1.37 bits per heavy atom. The van der Waals surface area contributed by atoms with Crippen molar-refractivity contribution < 1.29 is 13.2 Å². The zero-order chi connectivity index (χ0) is 14.5. The molecule has 0 aliphatic carbocycles. The van der Waals surface area contributed by atoms with Crippen LogP contribution in [0.2, 0.25) is 0 Å². The summed E-state index contributed by atoms with van der Waals surface area (Å²) in [5, 5.41) is 2.68. The molecule has 3 N–H and O–H groups in total. The topological polar surface area (TPSA) is 89.3 Å². The first-order valence-electron chi connectivity index (χ1n) is 5.73. The van der Waals surface area contributed by atoms with Gasteiger partial charge in [0.25, 0.3) is 0 Å². The van der Waals surface area contributed by atoms with E-state index >= 15 is 0 Å². The van der Waals surface area contributed by atoms with Crippen LogP contribution in [-0.4, -0.2) is 32.4 Å². The number of amides is 1. The minimum absolute atomic E-state index is 0.0835. The molecule has 1 unspecified atom stereocenters. The third-order valence-corrected chi connectivity index (χ3v) is 4.02. The van der Waals surface area contributed by atoms with Gasteiger partial charge < -0.3 is 11.1 Å². The van der Waals surface area contributed by atoms with Crippen LogP contribution < -0.4 is 11.1 Å². The first-order chi connectivity index (χ1) is 8.78. The lowest BCUT2D eigenvalue weighted by molar-refractivity contribution is -0.122. The Labute approximate surface area is 121 Å². The zero-order valence-corrected chi connectivity index (χ0v) is 13.0. The molecule has 0 aromatic heterocycles. The smallest absolute Gasteiger partial charge is 0.237 e. The summed E-state index contributed by atoms with van der Waals surface area (Å²) in [6.07, 6.45) is 1.25. The highest BCUT2D eigenvalue weighted by Gasteiger charge is 2.15. The van der Waals surface area contributed by atoms with E-state index < -0.39 is 15.9 Å². The molecule has 1 rings (SSSR count). The van der Waals surface area contributed by atoms with Crippen LogP contribution in [0.15, 0.2) is 28.7 Å². The van der Waals surface area contributed by atoms with Gasteiger partial charge in [0, 0.05) is 17.3 Å². The summed E-state index contributed by atoms with van der Waals surface area (Å²) >= 11 is 3.32. The minimum Gasteiger partial charge on any atom is -0.351 e. The van der Waals surface area contributed by atoms with Gasteiger partial charge in [-0.1, -0.05) is 28.1 Å². The number of rotatable bonds is 6. The molecule has 1 atom stereocenters. The third kappa shape index (κ3) is 6.70. The standard InChI is InChI=1S/C12H17BrN2O3S/c1-19(17,18)7-6-11(14)12(16)15-8-9-2-4-10(13)5-3-9/h2-5,11H,6-8,14H2,1H3,(H,15,16). The Morgan fingerprint density at radius 2 is 1.95 bits per heavy atom. The second-order valence-corrected chi connectivity index (χ2v) is 7.54. The van der Waals surface area contributed by atoms with E-state index in [2.05, 4.69) is 21.2 Å². The maximum Gasteiger partial charge on any atom is 0.237 e. The SMILES string of the molecule is CS(=O)(=O)CCC(N)C(=O)NCc1ccc(Br)cc1. The van der Waals surface area contributed by atoms with Crippen LogP contribution in [-0.2, 0) is 21.2 Å².